The Morgan fingerprint density at radius 1 is 1.32 bits per heavy atom. The standard InChI is InChI=1S/C14H19FN2O4S/c1-22(19,20)16-13(11-2-4-12(15)5-3-11)10-14(18)17-6-8-21-9-7-17/h2-5,13,16H,6-10H2,1H3. The summed E-state index contributed by atoms with van der Waals surface area (Å²) >= 11 is 0. The maximum Gasteiger partial charge on any atom is 0.224 e. The van der Waals surface area contributed by atoms with E-state index in [1.807, 2.05) is 0 Å². The lowest BCUT2D eigenvalue weighted by Crippen LogP contribution is -2.42. The fraction of sp³-hybridized carbons (Fsp3) is 0.500. The number of ether oxygens (including phenoxy) is 1. The highest BCUT2D eigenvalue weighted by Crippen LogP contribution is 2.20. The molecule has 1 N–H and O–H groups in total. The van der Waals surface area contributed by atoms with Gasteiger partial charge in [0.1, 0.15) is 5.82 Å². The first-order chi connectivity index (χ1) is 10.3. The molecule has 1 heterocycles. The lowest BCUT2D eigenvalue weighted by atomic mass is 10.0. The molecule has 1 saturated heterocycles. The normalized spacial score (nSPS) is 17.3. The summed E-state index contributed by atoms with van der Waals surface area (Å²) in [6.07, 6.45) is 1.02. The Balaban J connectivity index is 2.13. The maximum absolute atomic E-state index is 13.0. The quantitative estimate of drug-likeness (QED) is 0.861. The Bertz CT molecular complexity index is 612. The summed E-state index contributed by atoms with van der Waals surface area (Å²) < 4.78 is 43.7. The molecule has 1 fully saturated rings. The number of morpholine rings is 1. The zero-order chi connectivity index (χ0) is 16.2. The summed E-state index contributed by atoms with van der Waals surface area (Å²) in [5.74, 6) is -0.574. The number of sulfonamides is 1. The Labute approximate surface area is 129 Å². The number of amides is 1. The first-order valence-corrected chi connectivity index (χ1v) is 8.82. The highest BCUT2D eigenvalue weighted by molar-refractivity contribution is 7.88. The van der Waals surface area contributed by atoms with Gasteiger partial charge in [0.2, 0.25) is 15.9 Å². The fourth-order valence-corrected chi connectivity index (χ4v) is 3.03. The van der Waals surface area contributed by atoms with Crippen LogP contribution in [0, 0.1) is 5.82 Å². The molecule has 1 unspecified atom stereocenters. The van der Waals surface area contributed by atoms with Crippen molar-refractivity contribution >= 4 is 15.9 Å². The Morgan fingerprint density at radius 2 is 1.91 bits per heavy atom. The summed E-state index contributed by atoms with van der Waals surface area (Å²) in [5, 5.41) is 0. The summed E-state index contributed by atoms with van der Waals surface area (Å²) in [6, 6.07) is 4.72. The van der Waals surface area contributed by atoms with Gasteiger partial charge in [0, 0.05) is 19.5 Å². The summed E-state index contributed by atoms with van der Waals surface area (Å²) in [6.45, 7) is 1.95. The van der Waals surface area contributed by atoms with Gasteiger partial charge in [-0.1, -0.05) is 12.1 Å². The largest absolute Gasteiger partial charge is 0.378 e. The predicted octanol–water partition coefficient (Wildman–Crippen LogP) is 0.665. The van der Waals surface area contributed by atoms with Gasteiger partial charge in [0.05, 0.1) is 25.5 Å². The van der Waals surface area contributed by atoms with Crippen molar-refractivity contribution in [1.29, 1.82) is 0 Å². The molecule has 1 aliphatic rings. The Kier molecular flexibility index (Phi) is 5.49. The van der Waals surface area contributed by atoms with Crippen LogP contribution in [-0.2, 0) is 19.6 Å². The number of hydrogen-bond donors (Lipinski definition) is 1. The van der Waals surface area contributed by atoms with Gasteiger partial charge in [0.25, 0.3) is 0 Å². The second kappa shape index (κ2) is 7.17. The fourth-order valence-electron chi connectivity index (χ4n) is 2.30. The number of carbonyl (C=O) groups excluding carboxylic acids is 1. The van der Waals surface area contributed by atoms with Crippen molar-refractivity contribution in [2.45, 2.75) is 12.5 Å². The SMILES string of the molecule is CS(=O)(=O)NC(CC(=O)N1CCOCC1)c1ccc(F)cc1. The molecule has 2 rings (SSSR count). The molecule has 0 saturated carbocycles. The summed E-state index contributed by atoms with van der Waals surface area (Å²) in [5.41, 5.74) is 0.549. The van der Waals surface area contributed by atoms with Gasteiger partial charge in [-0.05, 0) is 17.7 Å². The topological polar surface area (TPSA) is 75.7 Å². The van der Waals surface area contributed by atoms with E-state index in [0.717, 1.165) is 6.26 Å². The lowest BCUT2D eigenvalue weighted by Gasteiger charge is -2.28. The van der Waals surface area contributed by atoms with Crippen LogP contribution in [0.25, 0.3) is 0 Å². The number of nitrogens with one attached hydrogen (secondary N) is 1. The third-order valence-electron chi connectivity index (χ3n) is 3.37. The van der Waals surface area contributed by atoms with Crippen molar-refractivity contribution in [3.63, 3.8) is 0 Å². The molecule has 1 amide bonds. The van der Waals surface area contributed by atoms with E-state index in [1.165, 1.54) is 24.3 Å². The first kappa shape index (κ1) is 16.9. The zero-order valence-electron chi connectivity index (χ0n) is 12.3. The van der Waals surface area contributed by atoms with Gasteiger partial charge in [-0.25, -0.2) is 17.5 Å². The Morgan fingerprint density at radius 3 is 2.45 bits per heavy atom. The van der Waals surface area contributed by atoms with Crippen LogP contribution < -0.4 is 4.72 Å². The van der Waals surface area contributed by atoms with E-state index in [0.29, 0.717) is 31.9 Å². The summed E-state index contributed by atoms with van der Waals surface area (Å²) in [4.78, 5) is 13.9. The van der Waals surface area contributed by atoms with Gasteiger partial charge in [-0.3, -0.25) is 4.79 Å². The molecule has 122 valence electrons. The van der Waals surface area contributed by atoms with E-state index in [9.17, 15) is 17.6 Å². The van der Waals surface area contributed by atoms with Crippen molar-refractivity contribution in [2.24, 2.45) is 0 Å². The lowest BCUT2D eigenvalue weighted by molar-refractivity contribution is -0.135. The van der Waals surface area contributed by atoms with Gasteiger partial charge >= 0.3 is 0 Å². The number of benzene rings is 1. The van der Waals surface area contributed by atoms with Crippen LogP contribution in [-0.4, -0.2) is 51.8 Å². The van der Waals surface area contributed by atoms with Crippen molar-refractivity contribution < 1.29 is 22.3 Å². The molecular weight excluding hydrogens is 311 g/mol. The molecule has 0 radical (unpaired) electrons. The van der Waals surface area contributed by atoms with Crippen LogP contribution >= 0.6 is 0 Å². The average Bonchev–Trinajstić information content (AvgIpc) is 2.47. The third-order valence-corrected chi connectivity index (χ3v) is 4.08. The maximum atomic E-state index is 13.0. The molecule has 0 bridgehead atoms. The number of carbonyl (C=O) groups is 1. The van der Waals surface area contributed by atoms with E-state index in [4.69, 9.17) is 4.74 Å². The molecule has 22 heavy (non-hydrogen) atoms. The van der Waals surface area contributed by atoms with Crippen LogP contribution in [0.5, 0.6) is 0 Å². The highest BCUT2D eigenvalue weighted by Gasteiger charge is 2.24. The van der Waals surface area contributed by atoms with E-state index in [2.05, 4.69) is 4.72 Å². The van der Waals surface area contributed by atoms with E-state index < -0.39 is 21.9 Å². The molecular formula is C14H19FN2O4S. The number of rotatable bonds is 5. The van der Waals surface area contributed by atoms with Crippen LogP contribution in [0.4, 0.5) is 4.39 Å². The van der Waals surface area contributed by atoms with E-state index in [1.54, 1.807) is 4.90 Å². The van der Waals surface area contributed by atoms with Gasteiger partial charge in [-0.15, -0.1) is 0 Å². The van der Waals surface area contributed by atoms with Gasteiger partial charge in [-0.2, -0.15) is 0 Å². The first-order valence-electron chi connectivity index (χ1n) is 6.93. The van der Waals surface area contributed by atoms with Crippen LogP contribution in [0.15, 0.2) is 24.3 Å². The van der Waals surface area contributed by atoms with Crippen molar-refractivity contribution in [2.75, 3.05) is 32.6 Å². The highest BCUT2D eigenvalue weighted by atomic mass is 32.2. The molecule has 1 aromatic rings. The predicted molar refractivity (Wildman–Crippen MR) is 79.1 cm³/mol. The zero-order valence-corrected chi connectivity index (χ0v) is 13.1. The molecule has 1 atom stereocenters. The molecule has 0 spiro atoms. The average molecular weight is 330 g/mol. The van der Waals surface area contributed by atoms with Gasteiger partial charge in [0.15, 0.2) is 0 Å². The van der Waals surface area contributed by atoms with Crippen LogP contribution in [0.1, 0.15) is 18.0 Å². The van der Waals surface area contributed by atoms with Crippen LogP contribution in [0.2, 0.25) is 0 Å². The number of hydrogen-bond acceptors (Lipinski definition) is 4. The molecule has 0 aliphatic carbocycles. The Hall–Kier alpha value is -1.51. The minimum absolute atomic E-state index is 0.0152. The molecule has 1 aliphatic heterocycles. The smallest absolute Gasteiger partial charge is 0.224 e. The summed E-state index contributed by atoms with van der Waals surface area (Å²) in [7, 11) is -3.50. The van der Waals surface area contributed by atoms with Crippen LogP contribution in [0.3, 0.4) is 0 Å². The minimum atomic E-state index is -3.50. The van der Waals surface area contributed by atoms with Crippen molar-refractivity contribution in [3.05, 3.63) is 35.6 Å². The molecule has 0 aromatic heterocycles. The molecule has 1 aromatic carbocycles. The second-order valence-corrected chi connectivity index (χ2v) is 6.97. The molecule has 8 heteroatoms. The van der Waals surface area contributed by atoms with E-state index >= 15 is 0 Å². The monoisotopic (exact) mass is 330 g/mol. The molecule has 6 nitrogen and oxygen atoms in total. The van der Waals surface area contributed by atoms with Crippen molar-refractivity contribution in [1.82, 2.24) is 9.62 Å². The third kappa shape index (κ3) is 5.04. The minimum Gasteiger partial charge on any atom is -0.378 e. The number of halogens is 1. The van der Waals surface area contributed by atoms with E-state index in [-0.39, 0.29) is 12.3 Å². The van der Waals surface area contributed by atoms with Gasteiger partial charge < -0.3 is 9.64 Å². The number of nitrogens with zero attached hydrogens (tertiary/aromatic N) is 1. The second-order valence-electron chi connectivity index (χ2n) is 5.19. The van der Waals surface area contributed by atoms with Crippen molar-refractivity contribution in [3.8, 4) is 0 Å².